The topological polar surface area (TPSA) is 79.2 Å². The van der Waals surface area contributed by atoms with Crippen molar-refractivity contribution < 1.29 is 19.4 Å². The Morgan fingerprint density at radius 2 is 2.19 bits per heavy atom. The number of aliphatic carboxylic acids is 1. The van der Waals surface area contributed by atoms with Crippen LogP contribution < -0.4 is 5.01 Å². The van der Waals surface area contributed by atoms with Crippen LogP contribution in [-0.2, 0) is 14.3 Å². The van der Waals surface area contributed by atoms with E-state index in [0.717, 1.165) is 0 Å². The van der Waals surface area contributed by atoms with Crippen LogP contribution in [-0.4, -0.2) is 35.4 Å². The lowest BCUT2D eigenvalue weighted by Crippen LogP contribution is -2.34. The number of hydrogen-bond donors (Lipinski definition) is 1. The molecule has 0 saturated heterocycles. The summed E-state index contributed by atoms with van der Waals surface area (Å²) >= 11 is 12.0. The zero-order valence-electron chi connectivity index (χ0n) is 11.0. The summed E-state index contributed by atoms with van der Waals surface area (Å²) in [5.74, 6) is -1.75. The van der Waals surface area contributed by atoms with E-state index < -0.39 is 18.0 Å². The summed E-state index contributed by atoms with van der Waals surface area (Å²) in [4.78, 5) is 23.1. The summed E-state index contributed by atoms with van der Waals surface area (Å²) in [7, 11) is 0. The highest BCUT2D eigenvalue weighted by Gasteiger charge is 2.37. The molecule has 1 heterocycles. The second-order valence-electron chi connectivity index (χ2n) is 4.27. The van der Waals surface area contributed by atoms with Gasteiger partial charge in [-0.3, -0.25) is 0 Å². The number of benzene rings is 1. The first-order chi connectivity index (χ1) is 9.93. The normalized spacial score (nSPS) is 17.6. The van der Waals surface area contributed by atoms with Gasteiger partial charge in [-0.15, -0.1) is 0 Å². The zero-order valence-corrected chi connectivity index (χ0v) is 12.6. The molecule has 0 aliphatic carbocycles. The van der Waals surface area contributed by atoms with Crippen molar-refractivity contribution in [2.45, 2.75) is 19.4 Å². The Balaban J connectivity index is 2.40. The van der Waals surface area contributed by atoms with Crippen molar-refractivity contribution in [3.8, 4) is 0 Å². The lowest BCUT2D eigenvalue weighted by Gasteiger charge is -2.21. The maximum atomic E-state index is 11.7. The number of carbonyl (C=O) groups is 2. The van der Waals surface area contributed by atoms with Gasteiger partial charge in [0.15, 0.2) is 6.04 Å². The first-order valence-corrected chi connectivity index (χ1v) is 6.91. The van der Waals surface area contributed by atoms with Gasteiger partial charge >= 0.3 is 11.9 Å². The molecule has 21 heavy (non-hydrogen) atoms. The van der Waals surface area contributed by atoms with Crippen LogP contribution in [0.4, 0.5) is 5.69 Å². The molecule has 0 saturated carbocycles. The molecule has 0 aromatic heterocycles. The molecule has 1 aromatic carbocycles. The van der Waals surface area contributed by atoms with Crippen LogP contribution in [0.5, 0.6) is 0 Å². The highest BCUT2D eigenvalue weighted by molar-refractivity contribution is 6.38. The van der Waals surface area contributed by atoms with Crippen LogP contribution in [0, 0.1) is 0 Å². The Kier molecular flexibility index (Phi) is 4.69. The molecular formula is C13H12Cl2N2O4. The third kappa shape index (κ3) is 3.28. The molecule has 1 aliphatic rings. The van der Waals surface area contributed by atoms with Gasteiger partial charge in [-0.2, -0.15) is 5.10 Å². The van der Waals surface area contributed by atoms with Gasteiger partial charge in [0.25, 0.3) is 0 Å². The largest absolute Gasteiger partial charge is 0.480 e. The molecule has 0 bridgehead atoms. The summed E-state index contributed by atoms with van der Waals surface area (Å²) in [5.41, 5.74) is 0.371. The van der Waals surface area contributed by atoms with Crippen molar-refractivity contribution in [1.82, 2.24) is 0 Å². The predicted molar refractivity (Wildman–Crippen MR) is 79.0 cm³/mol. The molecule has 0 radical (unpaired) electrons. The number of carbonyl (C=O) groups excluding carboxylic acids is 1. The minimum Gasteiger partial charge on any atom is -0.480 e. The Hall–Kier alpha value is -1.79. The Morgan fingerprint density at radius 1 is 1.48 bits per heavy atom. The van der Waals surface area contributed by atoms with E-state index in [1.165, 1.54) is 17.1 Å². The van der Waals surface area contributed by atoms with E-state index in [-0.39, 0.29) is 18.7 Å². The molecule has 1 N–H and O–H groups in total. The average molecular weight is 331 g/mol. The van der Waals surface area contributed by atoms with E-state index in [4.69, 9.17) is 27.9 Å². The summed E-state index contributed by atoms with van der Waals surface area (Å²) in [6.45, 7) is 1.85. The van der Waals surface area contributed by atoms with E-state index in [2.05, 4.69) is 5.10 Å². The third-order valence-electron chi connectivity index (χ3n) is 2.86. The molecule has 2 rings (SSSR count). The third-order valence-corrected chi connectivity index (χ3v) is 3.42. The Bertz CT molecular complexity index is 618. The van der Waals surface area contributed by atoms with Gasteiger partial charge in [0, 0.05) is 11.4 Å². The SMILES string of the molecule is CCOC(=O)C1=NN(c2cc(Cl)ccc2Cl)[C@H](C(=O)O)C1. The summed E-state index contributed by atoms with van der Waals surface area (Å²) < 4.78 is 4.84. The molecule has 112 valence electrons. The van der Waals surface area contributed by atoms with Crippen LogP contribution in [0.1, 0.15) is 13.3 Å². The van der Waals surface area contributed by atoms with Gasteiger partial charge in [0.05, 0.1) is 17.3 Å². The number of rotatable bonds is 4. The second kappa shape index (κ2) is 6.32. The van der Waals surface area contributed by atoms with Crippen molar-refractivity contribution in [2.24, 2.45) is 5.10 Å². The number of ether oxygens (including phenoxy) is 1. The second-order valence-corrected chi connectivity index (χ2v) is 5.11. The number of anilines is 1. The standard InChI is InChI=1S/C13H12Cl2N2O4/c1-2-21-13(20)9-6-11(12(18)19)17(16-9)10-5-7(14)3-4-8(10)15/h3-5,11H,2,6H2,1H3,(H,18,19)/t11-/m0/s1. The van der Waals surface area contributed by atoms with Gasteiger partial charge in [-0.1, -0.05) is 23.2 Å². The van der Waals surface area contributed by atoms with Crippen molar-refractivity contribution in [1.29, 1.82) is 0 Å². The molecule has 0 spiro atoms. The first-order valence-electron chi connectivity index (χ1n) is 6.15. The Labute approximate surface area is 130 Å². The summed E-state index contributed by atoms with van der Waals surface area (Å²) in [6.07, 6.45) is -0.0585. The number of halogens is 2. The number of esters is 1. The van der Waals surface area contributed by atoms with Crippen molar-refractivity contribution in [3.63, 3.8) is 0 Å². The molecule has 0 fully saturated rings. The van der Waals surface area contributed by atoms with E-state index in [9.17, 15) is 14.7 Å². The fourth-order valence-electron chi connectivity index (χ4n) is 1.92. The number of nitrogens with zero attached hydrogens (tertiary/aromatic N) is 2. The highest BCUT2D eigenvalue weighted by Crippen LogP contribution is 2.33. The van der Waals surface area contributed by atoms with Crippen molar-refractivity contribution in [2.75, 3.05) is 11.6 Å². The van der Waals surface area contributed by atoms with E-state index >= 15 is 0 Å². The van der Waals surface area contributed by atoms with E-state index in [1.54, 1.807) is 13.0 Å². The van der Waals surface area contributed by atoms with Crippen LogP contribution in [0.25, 0.3) is 0 Å². The molecule has 0 amide bonds. The minimum absolute atomic E-state index is 0.0419. The number of hydrazone groups is 1. The fourth-order valence-corrected chi connectivity index (χ4v) is 2.29. The molecular weight excluding hydrogens is 319 g/mol. The van der Waals surface area contributed by atoms with E-state index in [0.29, 0.717) is 15.7 Å². The molecule has 1 atom stereocenters. The minimum atomic E-state index is -1.12. The Morgan fingerprint density at radius 3 is 2.81 bits per heavy atom. The van der Waals surface area contributed by atoms with Crippen LogP contribution in [0.2, 0.25) is 10.0 Å². The number of carboxylic acid groups (broad SMARTS) is 1. The lowest BCUT2D eigenvalue weighted by atomic mass is 10.1. The molecule has 6 nitrogen and oxygen atoms in total. The maximum Gasteiger partial charge on any atom is 0.354 e. The number of carboxylic acids is 1. The van der Waals surface area contributed by atoms with Gasteiger partial charge in [-0.05, 0) is 25.1 Å². The molecule has 8 heteroatoms. The molecule has 1 aromatic rings. The smallest absolute Gasteiger partial charge is 0.354 e. The quantitative estimate of drug-likeness (QED) is 0.858. The monoisotopic (exact) mass is 330 g/mol. The van der Waals surface area contributed by atoms with Crippen LogP contribution >= 0.6 is 23.2 Å². The first kappa shape index (κ1) is 15.6. The van der Waals surface area contributed by atoms with Crippen LogP contribution in [0.15, 0.2) is 23.3 Å². The van der Waals surface area contributed by atoms with Gasteiger partial charge in [0.1, 0.15) is 5.71 Å². The summed E-state index contributed by atoms with van der Waals surface area (Å²) in [6, 6.07) is 3.59. The molecule has 0 unspecified atom stereocenters. The van der Waals surface area contributed by atoms with Crippen LogP contribution in [0.3, 0.4) is 0 Å². The van der Waals surface area contributed by atoms with E-state index in [1.807, 2.05) is 0 Å². The molecule has 1 aliphatic heterocycles. The van der Waals surface area contributed by atoms with Gasteiger partial charge in [0.2, 0.25) is 0 Å². The number of hydrogen-bond acceptors (Lipinski definition) is 5. The maximum absolute atomic E-state index is 11.7. The van der Waals surface area contributed by atoms with Crippen molar-refractivity contribution >= 4 is 46.5 Å². The average Bonchev–Trinajstić information content (AvgIpc) is 2.87. The highest BCUT2D eigenvalue weighted by atomic mass is 35.5. The summed E-state index contributed by atoms with van der Waals surface area (Å²) in [5, 5.41) is 15.2. The lowest BCUT2D eigenvalue weighted by molar-refractivity contribution is -0.138. The fraction of sp³-hybridized carbons (Fsp3) is 0.308. The van der Waals surface area contributed by atoms with Gasteiger partial charge in [-0.25, -0.2) is 14.6 Å². The predicted octanol–water partition coefficient (Wildman–Crippen LogP) is 2.58. The van der Waals surface area contributed by atoms with Gasteiger partial charge < -0.3 is 9.84 Å². The zero-order chi connectivity index (χ0) is 15.6. The van der Waals surface area contributed by atoms with Crippen molar-refractivity contribution in [3.05, 3.63) is 28.2 Å².